The van der Waals surface area contributed by atoms with Crippen molar-refractivity contribution >= 4 is 33.0 Å². The number of hydrogen-bond donors (Lipinski definition) is 1. The molecule has 0 saturated heterocycles. The second-order valence-corrected chi connectivity index (χ2v) is 8.38. The van der Waals surface area contributed by atoms with Crippen LogP contribution in [0.15, 0.2) is 48.5 Å². The zero-order valence-corrected chi connectivity index (χ0v) is 14.3. The van der Waals surface area contributed by atoms with Crippen LogP contribution in [0.25, 0.3) is 0 Å². The van der Waals surface area contributed by atoms with Crippen LogP contribution in [0.1, 0.15) is 18.1 Å². The molecule has 0 bridgehead atoms. The van der Waals surface area contributed by atoms with Gasteiger partial charge in [-0.1, -0.05) is 47.5 Å². The van der Waals surface area contributed by atoms with E-state index in [2.05, 4.69) is 0 Å². The average molecular weight is 359 g/mol. The third-order valence-electron chi connectivity index (χ3n) is 3.27. The second-order valence-electron chi connectivity index (χ2n) is 5.44. The van der Waals surface area contributed by atoms with Gasteiger partial charge in [-0.15, -0.1) is 0 Å². The minimum Gasteiger partial charge on any atom is -0.384 e. The molecule has 1 N–H and O–H groups in total. The fourth-order valence-electron chi connectivity index (χ4n) is 2.21. The Labute approximate surface area is 140 Å². The number of rotatable bonds is 5. The Morgan fingerprint density at radius 2 is 1.41 bits per heavy atom. The molecule has 2 rings (SSSR count). The topological polar surface area (TPSA) is 54.4 Å². The summed E-state index contributed by atoms with van der Waals surface area (Å²) in [4.78, 5) is 0. The number of benzene rings is 2. The Bertz CT molecular complexity index is 736. The minimum absolute atomic E-state index is 0.145. The molecule has 0 amide bonds. The maximum atomic E-state index is 12.3. The van der Waals surface area contributed by atoms with E-state index < -0.39 is 15.4 Å². The highest BCUT2D eigenvalue weighted by molar-refractivity contribution is 7.90. The van der Waals surface area contributed by atoms with Gasteiger partial charge in [0.15, 0.2) is 9.84 Å². The molecule has 0 aliphatic carbocycles. The quantitative estimate of drug-likeness (QED) is 0.883. The molecule has 22 heavy (non-hydrogen) atoms. The molecule has 2 aromatic carbocycles. The molecule has 0 saturated carbocycles. The fourth-order valence-corrected chi connectivity index (χ4v) is 4.28. The maximum Gasteiger partial charge on any atom is 0.157 e. The first-order valence-corrected chi connectivity index (χ1v) is 9.19. The third-order valence-corrected chi connectivity index (χ3v) is 5.55. The standard InChI is InChI=1S/C16H16Cl2O3S/c1-16(19,13-4-8-15(18)9-5-13)11-22(20,21)10-12-2-6-14(17)7-3-12/h2-9,19H,10-11H2,1H3/t16-/m0/s1. The SMILES string of the molecule is C[C@](O)(CS(=O)(=O)Cc1ccc(Cl)cc1)c1ccc(Cl)cc1. The summed E-state index contributed by atoms with van der Waals surface area (Å²) in [5.41, 5.74) is -0.330. The minimum atomic E-state index is -3.49. The smallest absolute Gasteiger partial charge is 0.157 e. The third kappa shape index (κ3) is 4.71. The van der Waals surface area contributed by atoms with Gasteiger partial charge in [-0.25, -0.2) is 8.42 Å². The molecule has 3 nitrogen and oxygen atoms in total. The summed E-state index contributed by atoms with van der Waals surface area (Å²) in [5.74, 6) is -0.516. The molecule has 0 fully saturated rings. The molecular weight excluding hydrogens is 343 g/mol. The number of aliphatic hydroxyl groups is 1. The van der Waals surface area contributed by atoms with Gasteiger partial charge >= 0.3 is 0 Å². The summed E-state index contributed by atoms with van der Waals surface area (Å²) >= 11 is 11.6. The van der Waals surface area contributed by atoms with Gasteiger partial charge in [0.25, 0.3) is 0 Å². The largest absolute Gasteiger partial charge is 0.384 e. The summed E-state index contributed by atoms with van der Waals surface area (Å²) in [6, 6.07) is 13.1. The van der Waals surface area contributed by atoms with E-state index in [0.29, 0.717) is 21.2 Å². The van der Waals surface area contributed by atoms with Crippen LogP contribution >= 0.6 is 23.2 Å². The van der Waals surface area contributed by atoms with Gasteiger partial charge in [0.1, 0.15) is 5.60 Å². The molecule has 0 aliphatic rings. The Balaban J connectivity index is 2.16. The van der Waals surface area contributed by atoms with Gasteiger partial charge in [0.05, 0.1) is 11.5 Å². The lowest BCUT2D eigenvalue weighted by Gasteiger charge is -2.23. The first kappa shape index (κ1) is 17.3. The summed E-state index contributed by atoms with van der Waals surface area (Å²) in [6.07, 6.45) is 0. The van der Waals surface area contributed by atoms with E-state index in [1.165, 1.54) is 6.92 Å². The Kier molecular flexibility index (Phi) is 5.17. The summed E-state index contributed by atoms with van der Waals surface area (Å²) in [5, 5.41) is 11.6. The maximum absolute atomic E-state index is 12.3. The Hall–Kier alpha value is -1.07. The number of halogens is 2. The molecule has 2 aromatic rings. The van der Waals surface area contributed by atoms with Crippen molar-refractivity contribution in [1.29, 1.82) is 0 Å². The lowest BCUT2D eigenvalue weighted by molar-refractivity contribution is 0.0819. The highest BCUT2D eigenvalue weighted by atomic mass is 35.5. The summed E-state index contributed by atoms with van der Waals surface area (Å²) in [6.45, 7) is 1.48. The monoisotopic (exact) mass is 358 g/mol. The Morgan fingerprint density at radius 1 is 0.955 bits per heavy atom. The molecule has 0 heterocycles. The number of hydrogen-bond acceptors (Lipinski definition) is 3. The molecule has 118 valence electrons. The first-order valence-electron chi connectivity index (χ1n) is 6.61. The van der Waals surface area contributed by atoms with Crippen LogP contribution < -0.4 is 0 Å². The fraction of sp³-hybridized carbons (Fsp3) is 0.250. The zero-order chi connectivity index (χ0) is 16.4. The highest BCUT2D eigenvalue weighted by Crippen LogP contribution is 2.25. The van der Waals surface area contributed by atoms with Crippen molar-refractivity contribution < 1.29 is 13.5 Å². The molecule has 0 aliphatic heterocycles. The van der Waals surface area contributed by atoms with Crippen LogP contribution in [-0.2, 0) is 21.2 Å². The van der Waals surface area contributed by atoms with Crippen molar-refractivity contribution in [2.75, 3.05) is 5.75 Å². The van der Waals surface area contributed by atoms with E-state index in [1.807, 2.05) is 0 Å². The normalized spacial score (nSPS) is 14.5. The second kappa shape index (κ2) is 6.59. The van der Waals surface area contributed by atoms with Crippen LogP contribution in [-0.4, -0.2) is 19.3 Å². The lowest BCUT2D eigenvalue weighted by Crippen LogP contribution is -2.31. The summed E-state index contributed by atoms with van der Waals surface area (Å²) in [7, 11) is -3.49. The van der Waals surface area contributed by atoms with Gasteiger partial charge in [-0.05, 0) is 42.3 Å². The molecular formula is C16H16Cl2O3S. The van der Waals surface area contributed by atoms with E-state index in [1.54, 1.807) is 48.5 Å². The molecule has 0 unspecified atom stereocenters. The van der Waals surface area contributed by atoms with Crippen LogP contribution in [0.3, 0.4) is 0 Å². The van der Waals surface area contributed by atoms with E-state index in [-0.39, 0.29) is 11.5 Å². The number of sulfone groups is 1. The van der Waals surface area contributed by atoms with Crippen molar-refractivity contribution in [2.45, 2.75) is 18.3 Å². The van der Waals surface area contributed by atoms with Gasteiger partial charge in [-0.2, -0.15) is 0 Å². The predicted octanol–water partition coefficient (Wildman–Crippen LogP) is 3.82. The van der Waals surface area contributed by atoms with E-state index >= 15 is 0 Å². The van der Waals surface area contributed by atoms with Gasteiger partial charge in [0.2, 0.25) is 0 Å². The van der Waals surface area contributed by atoms with E-state index in [9.17, 15) is 13.5 Å². The molecule has 0 aromatic heterocycles. The first-order chi connectivity index (χ1) is 10.2. The van der Waals surface area contributed by atoms with Crippen molar-refractivity contribution in [2.24, 2.45) is 0 Å². The van der Waals surface area contributed by atoms with Crippen molar-refractivity contribution in [3.05, 3.63) is 69.7 Å². The lowest BCUT2D eigenvalue weighted by atomic mass is 9.98. The molecule has 6 heteroatoms. The van der Waals surface area contributed by atoms with Crippen LogP contribution in [0.2, 0.25) is 10.0 Å². The van der Waals surface area contributed by atoms with Crippen molar-refractivity contribution in [3.8, 4) is 0 Å². The predicted molar refractivity (Wildman–Crippen MR) is 90.0 cm³/mol. The summed E-state index contributed by atoms with van der Waals surface area (Å²) < 4.78 is 24.6. The van der Waals surface area contributed by atoms with E-state index in [0.717, 1.165) is 0 Å². The molecule has 1 atom stereocenters. The van der Waals surface area contributed by atoms with Crippen LogP contribution in [0.4, 0.5) is 0 Å². The molecule has 0 radical (unpaired) electrons. The molecule has 0 spiro atoms. The average Bonchev–Trinajstić information content (AvgIpc) is 2.40. The van der Waals surface area contributed by atoms with Crippen LogP contribution in [0.5, 0.6) is 0 Å². The highest BCUT2D eigenvalue weighted by Gasteiger charge is 2.30. The van der Waals surface area contributed by atoms with Crippen molar-refractivity contribution in [3.63, 3.8) is 0 Å². The van der Waals surface area contributed by atoms with Gasteiger partial charge < -0.3 is 5.11 Å². The van der Waals surface area contributed by atoms with E-state index in [4.69, 9.17) is 23.2 Å². The van der Waals surface area contributed by atoms with Crippen molar-refractivity contribution in [1.82, 2.24) is 0 Å². The van der Waals surface area contributed by atoms with Gasteiger partial charge in [0, 0.05) is 10.0 Å². The van der Waals surface area contributed by atoms with Gasteiger partial charge in [-0.3, -0.25) is 0 Å². The zero-order valence-electron chi connectivity index (χ0n) is 12.0. The van der Waals surface area contributed by atoms with Crippen LogP contribution in [0, 0.1) is 0 Å². The Morgan fingerprint density at radius 3 is 1.91 bits per heavy atom.